The molecule has 0 saturated carbocycles. The summed E-state index contributed by atoms with van der Waals surface area (Å²) in [5, 5.41) is 4.33. The Balaban J connectivity index is 1.34. The van der Waals surface area contributed by atoms with E-state index in [0.717, 1.165) is 37.9 Å². The highest BCUT2D eigenvalue weighted by molar-refractivity contribution is 7.21. The first-order valence-electron chi connectivity index (χ1n) is 11.9. The molecule has 0 amide bonds. The highest BCUT2D eigenvalue weighted by Gasteiger charge is 2.17. The van der Waals surface area contributed by atoms with E-state index < -0.39 is 0 Å². The van der Waals surface area contributed by atoms with Crippen molar-refractivity contribution in [2.45, 2.75) is 13.1 Å². The maximum atomic E-state index is 6.41. The maximum Gasteiger partial charge on any atom is 0.233 e. The summed E-state index contributed by atoms with van der Waals surface area (Å²) in [6.45, 7) is 0.943. The standard InChI is InChI=1S/C28H21ClN8S/c29-26-34-27(33-22-12-2-1-11-21(22)25-32-23-13-3-4-14-24(23)38-25)36-28(35-26)37(17-19-9-5-7-15-30-19)18-20-10-6-8-16-31-20/h1-16H,17-18H2,(H,33,34,35,36). The summed E-state index contributed by atoms with van der Waals surface area (Å²) in [5.41, 5.74) is 4.48. The molecule has 0 saturated heterocycles. The van der Waals surface area contributed by atoms with Crippen molar-refractivity contribution < 1.29 is 0 Å². The zero-order valence-corrected chi connectivity index (χ0v) is 21.6. The topological polar surface area (TPSA) is 92.6 Å². The molecule has 0 aliphatic rings. The molecule has 0 spiro atoms. The van der Waals surface area contributed by atoms with Crippen LogP contribution in [0, 0.1) is 0 Å². The number of rotatable bonds is 8. The summed E-state index contributed by atoms with van der Waals surface area (Å²) >= 11 is 8.04. The molecule has 0 aliphatic heterocycles. The van der Waals surface area contributed by atoms with Gasteiger partial charge in [0.2, 0.25) is 17.2 Å². The Morgan fingerprint density at radius 2 is 1.39 bits per heavy atom. The van der Waals surface area contributed by atoms with E-state index in [0.29, 0.717) is 25.0 Å². The average Bonchev–Trinajstić information content (AvgIpc) is 3.38. The molecule has 0 aliphatic carbocycles. The van der Waals surface area contributed by atoms with Crippen LogP contribution in [-0.4, -0.2) is 29.9 Å². The van der Waals surface area contributed by atoms with Gasteiger partial charge in [-0.1, -0.05) is 36.4 Å². The molecule has 0 bridgehead atoms. The molecular formula is C28H21ClN8S. The number of nitrogens with zero attached hydrogens (tertiary/aromatic N) is 7. The van der Waals surface area contributed by atoms with Crippen LogP contribution < -0.4 is 10.2 Å². The van der Waals surface area contributed by atoms with Crippen molar-refractivity contribution in [1.82, 2.24) is 29.9 Å². The van der Waals surface area contributed by atoms with Gasteiger partial charge in [0.15, 0.2) is 0 Å². The summed E-state index contributed by atoms with van der Waals surface area (Å²) in [6.07, 6.45) is 3.53. The van der Waals surface area contributed by atoms with Gasteiger partial charge in [-0.15, -0.1) is 11.3 Å². The maximum absolute atomic E-state index is 6.41. The summed E-state index contributed by atoms with van der Waals surface area (Å²) in [5.74, 6) is 0.752. The van der Waals surface area contributed by atoms with Gasteiger partial charge in [0.05, 0.1) is 40.4 Å². The molecule has 1 N–H and O–H groups in total. The van der Waals surface area contributed by atoms with Crippen molar-refractivity contribution in [3.8, 4) is 10.6 Å². The molecular weight excluding hydrogens is 516 g/mol. The van der Waals surface area contributed by atoms with Crippen molar-refractivity contribution >= 4 is 50.7 Å². The normalized spacial score (nSPS) is 11.0. The smallest absolute Gasteiger partial charge is 0.233 e. The van der Waals surface area contributed by atoms with Crippen LogP contribution in [0.5, 0.6) is 0 Å². The van der Waals surface area contributed by atoms with Gasteiger partial charge in [-0.05, 0) is 60.1 Å². The number of fused-ring (bicyclic) bond motifs is 1. The minimum Gasteiger partial charge on any atom is -0.329 e. The second kappa shape index (κ2) is 10.9. The number of hydrogen-bond acceptors (Lipinski definition) is 9. The van der Waals surface area contributed by atoms with E-state index in [-0.39, 0.29) is 5.28 Å². The van der Waals surface area contributed by atoms with Crippen molar-refractivity contribution in [2.24, 2.45) is 0 Å². The van der Waals surface area contributed by atoms with Gasteiger partial charge in [-0.3, -0.25) is 9.97 Å². The van der Waals surface area contributed by atoms with Gasteiger partial charge in [-0.2, -0.15) is 15.0 Å². The number of para-hydroxylation sites is 2. The largest absolute Gasteiger partial charge is 0.329 e. The van der Waals surface area contributed by atoms with E-state index in [9.17, 15) is 0 Å². The number of anilines is 3. The van der Waals surface area contributed by atoms with Crippen molar-refractivity contribution in [1.29, 1.82) is 0 Å². The van der Waals surface area contributed by atoms with E-state index in [2.05, 4.69) is 31.3 Å². The Labute approximate surface area is 228 Å². The minimum absolute atomic E-state index is 0.0852. The molecule has 4 heterocycles. The first-order valence-corrected chi connectivity index (χ1v) is 13.1. The van der Waals surface area contributed by atoms with Crippen LogP contribution in [0.15, 0.2) is 97.3 Å². The molecule has 10 heteroatoms. The minimum atomic E-state index is 0.0852. The molecule has 6 aromatic rings. The molecule has 6 rings (SSSR count). The van der Waals surface area contributed by atoms with Crippen molar-refractivity contribution in [2.75, 3.05) is 10.2 Å². The van der Waals surface area contributed by atoms with E-state index in [1.807, 2.05) is 83.8 Å². The highest BCUT2D eigenvalue weighted by atomic mass is 35.5. The van der Waals surface area contributed by atoms with Crippen LogP contribution in [0.2, 0.25) is 5.28 Å². The van der Waals surface area contributed by atoms with Crippen molar-refractivity contribution in [3.63, 3.8) is 0 Å². The fraction of sp³-hybridized carbons (Fsp3) is 0.0714. The van der Waals surface area contributed by atoms with Gasteiger partial charge in [0.25, 0.3) is 0 Å². The Kier molecular flexibility index (Phi) is 6.84. The van der Waals surface area contributed by atoms with E-state index in [1.54, 1.807) is 23.7 Å². The molecule has 8 nitrogen and oxygen atoms in total. The third-order valence-electron chi connectivity index (χ3n) is 5.74. The zero-order chi connectivity index (χ0) is 25.7. The number of aromatic nitrogens is 6. The Hall–Kier alpha value is -4.47. The quantitative estimate of drug-likeness (QED) is 0.234. The lowest BCUT2D eigenvalue weighted by Gasteiger charge is -2.22. The Bertz CT molecular complexity index is 1600. The molecule has 0 fully saturated rings. The van der Waals surface area contributed by atoms with Gasteiger partial charge in [-0.25, -0.2) is 4.98 Å². The predicted octanol–water partition coefficient (Wildman–Crippen LogP) is 6.54. The summed E-state index contributed by atoms with van der Waals surface area (Å²) < 4.78 is 1.13. The molecule has 4 aromatic heterocycles. The molecule has 2 aromatic carbocycles. The van der Waals surface area contributed by atoms with Crippen LogP contribution in [0.25, 0.3) is 20.8 Å². The lowest BCUT2D eigenvalue weighted by atomic mass is 10.2. The SMILES string of the molecule is Clc1nc(Nc2ccccc2-c2nc3ccccc3s2)nc(N(Cc2ccccn2)Cc2ccccn2)n1. The second-order valence-electron chi connectivity index (χ2n) is 8.38. The zero-order valence-electron chi connectivity index (χ0n) is 20.1. The Morgan fingerprint density at radius 1 is 0.711 bits per heavy atom. The molecule has 186 valence electrons. The monoisotopic (exact) mass is 536 g/mol. The van der Waals surface area contributed by atoms with Crippen LogP contribution in [0.1, 0.15) is 11.4 Å². The summed E-state index contributed by atoms with van der Waals surface area (Å²) in [7, 11) is 0. The molecule has 0 atom stereocenters. The van der Waals surface area contributed by atoms with Crippen LogP contribution in [0.4, 0.5) is 17.6 Å². The number of halogens is 1. The molecule has 0 unspecified atom stereocenters. The lowest BCUT2D eigenvalue weighted by molar-refractivity contribution is 0.732. The number of thiazole rings is 1. The van der Waals surface area contributed by atoms with Gasteiger partial charge in [0, 0.05) is 18.0 Å². The lowest BCUT2D eigenvalue weighted by Crippen LogP contribution is -2.26. The third-order valence-corrected chi connectivity index (χ3v) is 6.97. The number of benzene rings is 2. The van der Waals surface area contributed by atoms with Crippen LogP contribution in [-0.2, 0) is 13.1 Å². The second-order valence-corrected chi connectivity index (χ2v) is 9.75. The van der Waals surface area contributed by atoms with Gasteiger partial charge >= 0.3 is 0 Å². The summed E-state index contributed by atoms with van der Waals surface area (Å²) in [4.78, 5) is 29.3. The van der Waals surface area contributed by atoms with E-state index >= 15 is 0 Å². The summed E-state index contributed by atoms with van der Waals surface area (Å²) in [6, 6.07) is 27.6. The third kappa shape index (κ3) is 5.44. The van der Waals surface area contributed by atoms with Gasteiger partial charge < -0.3 is 10.2 Å². The van der Waals surface area contributed by atoms with E-state index in [1.165, 1.54) is 0 Å². The highest BCUT2D eigenvalue weighted by Crippen LogP contribution is 2.35. The van der Waals surface area contributed by atoms with Gasteiger partial charge in [0.1, 0.15) is 5.01 Å². The molecule has 38 heavy (non-hydrogen) atoms. The van der Waals surface area contributed by atoms with Crippen LogP contribution >= 0.6 is 22.9 Å². The fourth-order valence-electron chi connectivity index (χ4n) is 4.00. The molecule has 0 radical (unpaired) electrons. The predicted molar refractivity (Wildman–Crippen MR) is 152 cm³/mol. The average molecular weight is 537 g/mol. The van der Waals surface area contributed by atoms with Crippen molar-refractivity contribution in [3.05, 3.63) is 114 Å². The number of nitrogens with one attached hydrogen (secondary N) is 1. The number of hydrogen-bond donors (Lipinski definition) is 1. The van der Waals surface area contributed by atoms with E-state index in [4.69, 9.17) is 21.6 Å². The Morgan fingerprint density at radius 3 is 2.11 bits per heavy atom. The first kappa shape index (κ1) is 23.9. The first-order chi connectivity index (χ1) is 18.7. The number of pyridine rings is 2. The van der Waals surface area contributed by atoms with Crippen LogP contribution in [0.3, 0.4) is 0 Å². The fourth-order valence-corrected chi connectivity index (χ4v) is 5.16.